The summed E-state index contributed by atoms with van der Waals surface area (Å²) in [6, 6.07) is 11.7. The SMILES string of the molecule is CC(=O)Nc1cccc(SCC(=O)Nc2ccccc2C(F)(F)F)c1. The number of carbonyl (C=O) groups excluding carboxylic acids is 2. The third kappa shape index (κ3) is 5.82. The van der Waals surface area contributed by atoms with Gasteiger partial charge >= 0.3 is 6.18 Å². The van der Waals surface area contributed by atoms with E-state index in [2.05, 4.69) is 10.6 Å². The topological polar surface area (TPSA) is 58.2 Å². The first-order chi connectivity index (χ1) is 11.8. The lowest BCUT2D eigenvalue weighted by atomic mass is 10.1. The molecule has 0 heterocycles. The average molecular weight is 368 g/mol. The molecule has 0 aliphatic rings. The van der Waals surface area contributed by atoms with E-state index in [1.165, 1.54) is 25.1 Å². The smallest absolute Gasteiger partial charge is 0.326 e. The van der Waals surface area contributed by atoms with Crippen molar-refractivity contribution in [2.24, 2.45) is 0 Å². The maximum Gasteiger partial charge on any atom is 0.418 e. The second-order valence-electron chi connectivity index (χ2n) is 5.09. The Hall–Kier alpha value is -2.48. The van der Waals surface area contributed by atoms with E-state index in [0.717, 1.165) is 17.8 Å². The van der Waals surface area contributed by atoms with Gasteiger partial charge in [0, 0.05) is 17.5 Å². The summed E-state index contributed by atoms with van der Waals surface area (Å²) in [5.74, 6) is -0.828. The molecule has 0 bridgehead atoms. The molecule has 4 nitrogen and oxygen atoms in total. The number of nitrogens with one attached hydrogen (secondary N) is 2. The number of rotatable bonds is 5. The molecular formula is C17H15F3N2O2S. The van der Waals surface area contributed by atoms with E-state index in [4.69, 9.17) is 0 Å². The number of anilines is 2. The van der Waals surface area contributed by atoms with Crippen molar-refractivity contribution in [1.29, 1.82) is 0 Å². The molecule has 0 aromatic heterocycles. The van der Waals surface area contributed by atoms with Gasteiger partial charge in [-0.3, -0.25) is 9.59 Å². The van der Waals surface area contributed by atoms with Crippen molar-refractivity contribution in [3.8, 4) is 0 Å². The van der Waals surface area contributed by atoms with Crippen LogP contribution in [0.4, 0.5) is 24.5 Å². The number of hydrogen-bond donors (Lipinski definition) is 2. The van der Waals surface area contributed by atoms with Crippen LogP contribution in [-0.4, -0.2) is 17.6 Å². The fraction of sp³-hybridized carbons (Fsp3) is 0.176. The number of carbonyl (C=O) groups is 2. The Balaban J connectivity index is 1.99. The number of para-hydroxylation sites is 1. The normalized spacial score (nSPS) is 11.0. The summed E-state index contributed by atoms with van der Waals surface area (Å²) in [5, 5.41) is 4.90. The lowest BCUT2D eigenvalue weighted by Gasteiger charge is -2.13. The second-order valence-corrected chi connectivity index (χ2v) is 6.14. The van der Waals surface area contributed by atoms with Gasteiger partial charge in [-0.1, -0.05) is 18.2 Å². The molecule has 0 saturated heterocycles. The maximum atomic E-state index is 12.9. The summed E-state index contributed by atoms with van der Waals surface area (Å²) < 4.78 is 38.7. The Bertz CT molecular complexity index is 778. The lowest BCUT2D eigenvalue weighted by molar-refractivity contribution is -0.137. The zero-order valence-electron chi connectivity index (χ0n) is 13.2. The van der Waals surface area contributed by atoms with Gasteiger partial charge in [0.15, 0.2) is 0 Å². The van der Waals surface area contributed by atoms with Crippen LogP contribution in [0.25, 0.3) is 0 Å². The van der Waals surface area contributed by atoms with Gasteiger partial charge in [0.1, 0.15) is 0 Å². The molecule has 0 spiro atoms. The minimum atomic E-state index is -4.54. The molecule has 2 aromatic carbocycles. The highest BCUT2D eigenvalue weighted by Crippen LogP contribution is 2.34. The van der Waals surface area contributed by atoms with Crippen molar-refractivity contribution < 1.29 is 22.8 Å². The van der Waals surface area contributed by atoms with Crippen LogP contribution in [0.3, 0.4) is 0 Å². The Morgan fingerprint density at radius 2 is 1.76 bits per heavy atom. The Kier molecular flexibility index (Phi) is 6.08. The zero-order chi connectivity index (χ0) is 18.4. The first kappa shape index (κ1) is 18.9. The third-order valence-corrected chi connectivity index (χ3v) is 4.02. The van der Waals surface area contributed by atoms with Gasteiger partial charge < -0.3 is 10.6 Å². The highest BCUT2D eigenvalue weighted by atomic mass is 32.2. The molecule has 2 N–H and O–H groups in total. The van der Waals surface area contributed by atoms with Crippen LogP contribution in [0, 0.1) is 0 Å². The predicted octanol–water partition coefficient (Wildman–Crippen LogP) is 4.39. The summed E-state index contributed by atoms with van der Waals surface area (Å²) in [5.41, 5.74) is -0.575. The van der Waals surface area contributed by atoms with Gasteiger partial charge in [-0.25, -0.2) is 0 Å². The highest BCUT2D eigenvalue weighted by Gasteiger charge is 2.33. The standard InChI is InChI=1S/C17H15F3N2O2S/c1-11(23)21-12-5-4-6-13(9-12)25-10-16(24)22-15-8-3-2-7-14(15)17(18,19)20/h2-9H,10H2,1H3,(H,21,23)(H,22,24). The van der Waals surface area contributed by atoms with E-state index in [-0.39, 0.29) is 17.3 Å². The Morgan fingerprint density at radius 1 is 1.04 bits per heavy atom. The van der Waals surface area contributed by atoms with Gasteiger partial charge in [-0.05, 0) is 30.3 Å². The van der Waals surface area contributed by atoms with E-state index in [1.807, 2.05) is 0 Å². The van der Waals surface area contributed by atoms with Crippen LogP contribution in [0.15, 0.2) is 53.4 Å². The van der Waals surface area contributed by atoms with Crippen LogP contribution in [-0.2, 0) is 15.8 Å². The van der Waals surface area contributed by atoms with Crippen molar-refractivity contribution in [3.63, 3.8) is 0 Å². The Morgan fingerprint density at radius 3 is 2.44 bits per heavy atom. The first-order valence-electron chi connectivity index (χ1n) is 7.22. The molecule has 25 heavy (non-hydrogen) atoms. The van der Waals surface area contributed by atoms with Crippen molar-refractivity contribution in [2.45, 2.75) is 18.0 Å². The lowest BCUT2D eigenvalue weighted by Crippen LogP contribution is -2.18. The molecule has 0 radical (unpaired) electrons. The molecule has 0 fully saturated rings. The second kappa shape index (κ2) is 8.06. The van der Waals surface area contributed by atoms with E-state index >= 15 is 0 Å². The number of alkyl halides is 3. The molecule has 2 amide bonds. The van der Waals surface area contributed by atoms with E-state index in [9.17, 15) is 22.8 Å². The summed E-state index contributed by atoms with van der Waals surface area (Å²) in [7, 11) is 0. The van der Waals surface area contributed by atoms with Gasteiger partial charge in [0.25, 0.3) is 0 Å². The summed E-state index contributed by atoms with van der Waals surface area (Å²) in [6.45, 7) is 1.38. The van der Waals surface area contributed by atoms with Crippen LogP contribution >= 0.6 is 11.8 Å². The highest BCUT2D eigenvalue weighted by molar-refractivity contribution is 8.00. The van der Waals surface area contributed by atoms with Crippen molar-refractivity contribution in [1.82, 2.24) is 0 Å². The molecule has 0 atom stereocenters. The molecular weight excluding hydrogens is 353 g/mol. The molecule has 0 saturated carbocycles. The quantitative estimate of drug-likeness (QED) is 0.770. The number of benzene rings is 2. The largest absolute Gasteiger partial charge is 0.418 e. The zero-order valence-corrected chi connectivity index (χ0v) is 14.0. The maximum absolute atomic E-state index is 12.9. The van der Waals surface area contributed by atoms with Crippen LogP contribution in [0.2, 0.25) is 0 Å². The third-order valence-electron chi connectivity index (χ3n) is 3.03. The summed E-state index contributed by atoms with van der Waals surface area (Å²) >= 11 is 1.16. The minimum Gasteiger partial charge on any atom is -0.326 e. The molecule has 2 aromatic rings. The fourth-order valence-electron chi connectivity index (χ4n) is 2.04. The summed E-state index contributed by atoms with van der Waals surface area (Å²) in [4.78, 5) is 23.7. The molecule has 0 aliphatic heterocycles. The number of amides is 2. The molecule has 0 unspecified atom stereocenters. The molecule has 8 heteroatoms. The van der Waals surface area contributed by atoms with E-state index in [1.54, 1.807) is 24.3 Å². The number of hydrogen-bond acceptors (Lipinski definition) is 3. The Labute approximate surface area is 146 Å². The van der Waals surface area contributed by atoms with Gasteiger partial charge in [-0.2, -0.15) is 13.2 Å². The molecule has 132 valence electrons. The predicted molar refractivity (Wildman–Crippen MR) is 91.5 cm³/mol. The van der Waals surface area contributed by atoms with Crippen LogP contribution in [0.5, 0.6) is 0 Å². The molecule has 0 aliphatic carbocycles. The molecule has 2 rings (SSSR count). The van der Waals surface area contributed by atoms with Gasteiger partial charge in [0.2, 0.25) is 11.8 Å². The van der Waals surface area contributed by atoms with E-state index < -0.39 is 17.6 Å². The first-order valence-corrected chi connectivity index (χ1v) is 8.21. The number of thioether (sulfide) groups is 1. The van der Waals surface area contributed by atoms with E-state index in [0.29, 0.717) is 10.6 Å². The minimum absolute atomic E-state index is 0.0598. The van der Waals surface area contributed by atoms with Gasteiger partial charge in [0.05, 0.1) is 17.0 Å². The summed E-state index contributed by atoms with van der Waals surface area (Å²) in [6.07, 6.45) is -4.54. The van der Waals surface area contributed by atoms with Crippen LogP contribution in [0.1, 0.15) is 12.5 Å². The van der Waals surface area contributed by atoms with Crippen molar-refractivity contribution in [3.05, 3.63) is 54.1 Å². The van der Waals surface area contributed by atoms with Crippen LogP contribution < -0.4 is 10.6 Å². The average Bonchev–Trinajstić information content (AvgIpc) is 2.52. The van der Waals surface area contributed by atoms with Gasteiger partial charge in [-0.15, -0.1) is 11.8 Å². The van der Waals surface area contributed by atoms with Crippen molar-refractivity contribution >= 4 is 35.0 Å². The monoisotopic (exact) mass is 368 g/mol. The fourth-order valence-corrected chi connectivity index (χ4v) is 2.80. The van der Waals surface area contributed by atoms with Crippen molar-refractivity contribution in [2.75, 3.05) is 16.4 Å². The number of halogens is 3.